The Hall–Kier alpha value is -0.640. The number of aliphatic hydroxyl groups is 1. The lowest BCUT2D eigenvalue weighted by atomic mass is 9.95. The third-order valence-electron chi connectivity index (χ3n) is 4.60. The molecule has 0 aromatic rings. The fourth-order valence-electron chi connectivity index (χ4n) is 2.75. The van der Waals surface area contributed by atoms with Gasteiger partial charge in [0.25, 0.3) is 0 Å². The smallest absolute Gasteiger partial charge is 0.242 e. The summed E-state index contributed by atoms with van der Waals surface area (Å²) in [5.41, 5.74) is -1.14. The van der Waals surface area contributed by atoms with Gasteiger partial charge in [0, 0.05) is 18.3 Å². The number of hydrogen-bond donors (Lipinski definition) is 1. The molecule has 0 saturated carbocycles. The van der Waals surface area contributed by atoms with Gasteiger partial charge in [-0.1, -0.05) is 84.0 Å². The SMILES string of the molecule is CCCCCCCCCCCCCCCC(C)(CO)[N+](=O)[O-]. The van der Waals surface area contributed by atoms with Crippen molar-refractivity contribution in [2.45, 2.75) is 109 Å². The van der Waals surface area contributed by atoms with Gasteiger partial charge in [-0.3, -0.25) is 10.1 Å². The van der Waals surface area contributed by atoms with Crippen LogP contribution in [0, 0.1) is 10.1 Å². The monoisotopic (exact) mass is 315 g/mol. The lowest BCUT2D eigenvalue weighted by Crippen LogP contribution is -2.38. The van der Waals surface area contributed by atoms with Crippen molar-refractivity contribution in [3.05, 3.63) is 10.1 Å². The van der Waals surface area contributed by atoms with Gasteiger partial charge >= 0.3 is 0 Å². The van der Waals surface area contributed by atoms with E-state index in [9.17, 15) is 10.1 Å². The molecule has 0 fully saturated rings. The zero-order chi connectivity index (χ0) is 16.7. The molecule has 1 N–H and O–H groups in total. The Morgan fingerprint density at radius 2 is 1.18 bits per heavy atom. The van der Waals surface area contributed by atoms with E-state index in [0.29, 0.717) is 6.42 Å². The van der Waals surface area contributed by atoms with Crippen LogP contribution in [-0.4, -0.2) is 22.2 Å². The zero-order valence-electron chi connectivity index (χ0n) is 14.8. The van der Waals surface area contributed by atoms with Crippen LogP contribution in [0.25, 0.3) is 0 Å². The molecular weight excluding hydrogens is 278 g/mol. The lowest BCUT2D eigenvalue weighted by Gasteiger charge is -2.17. The topological polar surface area (TPSA) is 63.4 Å². The van der Waals surface area contributed by atoms with Crippen molar-refractivity contribution in [1.82, 2.24) is 0 Å². The summed E-state index contributed by atoms with van der Waals surface area (Å²) in [4.78, 5) is 10.5. The Balaban J connectivity index is 3.29. The van der Waals surface area contributed by atoms with Crippen molar-refractivity contribution in [3.8, 4) is 0 Å². The Kier molecular flexibility index (Phi) is 13.6. The number of hydrogen-bond acceptors (Lipinski definition) is 3. The van der Waals surface area contributed by atoms with Gasteiger partial charge < -0.3 is 5.11 Å². The maximum atomic E-state index is 10.8. The first-order valence-corrected chi connectivity index (χ1v) is 9.32. The first-order chi connectivity index (χ1) is 10.6. The number of nitro groups is 1. The van der Waals surface area contributed by atoms with Crippen molar-refractivity contribution in [2.75, 3.05) is 6.61 Å². The summed E-state index contributed by atoms with van der Waals surface area (Å²) in [5, 5.41) is 20.0. The van der Waals surface area contributed by atoms with E-state index in [4.69, 9.17) is 5.11 Å². The number of rotatable bonds is 16. The fourth-order valence-corrected chi connectivity index (χ4v) is 2.75. The van der Waals surface area contributed by atoms with Gasteiger partial charge in [0.05, 0.1) is 0 Å². The molecule has 132 valence electrons. The van der Waals surface area contributed by atoms with E-state index >= 15 is 0 Å². The molecule has 1 atom stereocenters. The van der Waals surface area contributed by atoms with Crippen molar-refractivity contribution in [3.63, 3.8) is 0 Å². The highest BCUT2D eigenvalue weighted by molar-refractivity contribution is 4.72. The molecule has 0 heterocycles. The van der Waals surface area contributed by atoms with Gasteiger partial charge in [-0.2, -0.15) is 0 Å². The van der Waals surface area contributed by atoms with Gasteiger partial charge in [0.1, 0.15) is 6.61 Å². The molecule has 0 spiro atoms. The highest BCUT2D eigenvalue weighted by Crippen LogP contribution is 2.19. The van der Waals surface area contributed by atoms with Crippen LogP contribution in [0.5, 0.6) is 0 Å². The van der Waals surface area contributed by atoms with E-state index in [1.807, 2.05) is 0 Å². The maximum Gasteiger partial charge on any atom is 0.242 e. The second-order valence-corrected chi connectivity index (χ2v) is 6.90. The van der Waals surface area contributed by atoms with Gasteiger partial charge in [-0.25, -0.2) is 0 Å². The molecule has 0 aliphatic rings. The third-order valence-corrected chi connectivity index (χ3v) is 4.60. The molecule has 0 rings (SSSR count). The van der Waals surface area contributed by atoms with Gasteiger partial charge in [-0.15, -0.1) is 0 Å². The van der Waals surface area contributed by atoms with Crippen LogP contribution < -0.4 is 0 Å². The molecule has 0 aliphatic carbocycles. The number of unbranched alkanes of at least 4 members (excludes halogenated alkanes) is 12. The maximum absolute atomic E-state index is 10.8. The third kappa shape index (κ3) is 11.0. The van der Waals surface area contributed by atoms with Crippen LogP contribution in [0.2, 0.25) is 0 Å². The van der Waals surface area contributed by atoms with E-state index in [1.165, 1.54) is 71.1 Å². The Morgan fingerprint density at radius 1 is 0.818 bits per heavy atom. The molecule has 0 aromatic carbocycles. The zero-order valence-corrected chi connectivity index (χ0v) is 14.8. The second-order valence-electron chi connectivity index (χ2n) is 6.90. The van der Waals surface area contributed by atoms with Crippen LogP contribution >= 0.6 is 0 Å². The summed E-state index contributed by atoms with van der Waals surface area (Å²) >= 11 is 0. The standard InChI is InChI=1S/C18H37NO3/c1-3-4-5-6-7-8-9-10-11-12-13-14-15-16-18(2,17-20)19(21)22/h20H,3-17H2,1-2H3. The minimum Gasteiger partial charge on any atom is -0.389 e. The minimum absolute atomic E-state index is 0.340. The van der Waals surface area contributed by atoms with Gasteiger partial charge in [0.2, 0.25) is 5.54 Å². The highest BCUT2D eigenvalue weighted by Gasteiger charge is 2.35. The molecule has 1 unspecified atom stereocenters. The second kappa shape index (κ2) is 14.0. The molecule has 0 aromatic heterocycles. The summed E-state index contributed by atoms with van der Waals surface area (Å²) in [6.45, 7) is 3.42. The van der Waals surface area contributed by atoms with Crippen LogP contribution in [0.3, 0.4) is 0 Å². The average Bonchev–Trinajstić information content (AvgIpc) is 2.51. The largest absolute Gasteiger partial charge is 0.389 e. The Labute approximate surface area is 136 Å². The minimum atomic E-state index is -1.14. The highest BCUT2D eigenvalue weighted by atomic mass is 16.6. The van der Waals surface area contributed by atoms with E-state index in [1.54, 1.807) is 0 Å². The van der Waals surface area contributed by atoms with Gasteiger partial charge in [-0.05, 0) is 6.42 Å². The molecule has 4 nitrogen and oxygen atoms in total. The molecule has 0 amide bonds. The molecule has 0 radical (unpaired) electrons. The Morgan fingerprint density at radius 3 is 1.50 bits per heavy atom. The van der Waals surface area contributed by atoms with E-state index in [-0.39, 0.29) is 11.5 Å². The summed E-state index contributed by atoms with van der Waals surface area (Å²) in [6.07, 6.45) is 17.0. The molecule has 4 heteroatoms. The van der Waals surface area contributed by atoms with Crippen molar-refractivity contribution in [2.24, 2.45) is 0 Å². The van der Waals surface area contributed by atoms with E-state index < -0.39 is 5.54 Å². The van der Waals surface area contributed by atoms with Gasteiger partial charge in [0.15, 0.2) is 0 Å². The van der Waals surface area contributed by atoms with Crippen LogP contribution in [0.1, 0.15) is 104 Å². The first-order valence-electron chi connectivity index (χ1n) is 9.32. The number of aliphatic hydroxyl groups excluding tert-OH is 1. The normalized spacial score (nSPS) is 14.0. The van der Waals surface area contributed by atoms with Crippen LogP contribution in [0.4, 0.5) is 0 Å². The van der Waals surface area contributed by atoms with Crippen molar-refractivity contribution >= 4 is 0 Å². The van der Waals surface area contributed by atoms with Crippen LogP contribution in [-0.2, 0) is 0 Å². The predicted octanol–water partition coefficient (Wildman–Crippen LogP) is 5.50. The van der Waals surface area contributed by atoms with Crippen molar-refractivity contribution < 1.29 is 10.0 Å². The molecule has 0 bridgehead atoms. The first kappa shape index (κ1) is 21.4. The van der Waals surface area contributed by atoms with Crippen molar-refractivity contribution in [1.29, 1.82) is 0 Å². The van der Waals surface area contributed by atoms with E-state index in [0.717, 1.165) is 19.3 Å². The molecular formula is C18H37NO3. The Bertz CT molecular complexity index is 271. The molecule has 22 heavy (non-hydrogen) atoms. The molecule has 0 aliphatic heterocycles. The quantitative estimate of drug-likeness (QED) is 0.232. The lowest BCUT2D eigenvalue weighted by molar-refractivity contribution is -0.570. The summed E-state index contributed by atoms with van der Waals surface area (Å²) in [5.74, 6) is 0. The fraction of sp³-hybridized carbons (Fsp3) is 1.00. The summed E-state index contributed by atoms with van der Waals surface area (Å²) in [7, 11) is 0. The summed E-state index contributed by atoms with van der Waals surface area (Å²) < 4.78 is 0. The molecule has 0 saturated heterocycles. The van der Waals surface area contributed by atoms with E-state index in [2.05, 4.69) is 6.92 Å². The average molecular weight is 315 g/mol. The summed E-state index contributed by atoms with van der Waals surface area (Å²) in [6, 6.07) is 0. The van der Waals surface area contributed by atoms with Crippen LogP contribution in [0.15, 0.2) is 0 Å². The number of nitrogens with zero attached hydrogens (tertiary/aromatic N) is 1. The predicted molar refractivity (Wildman–Crippen MR) is 92.8 cm³/mol.